The first kappa shape index (κ1) is 24.4. The summed E-state index contributed by atoms with van der Waals surface area (Å²) >= 11 is 0. The average molecular weight is 495 g/mol. The van der Waals surface area contributed by atoms with Gasteiger partial charge in [-0.05, 0) is 67.6 Å². The summed E-state index contributed by atoms with van der Waals surface area (Å²) in [5.74, 6) is 0.181. The van der Waals surface area contributed by atoms with E-state index in [1.807, 2.05) is 13.0 Å². The monoisotopic (exact) mass is 494 g/mol. The van der Waals surface area contributed by atoms with Crippen molar-refractivity contribution in [2.75, 3.05) is 72.8 Å². The topological polar surface area (TPSA) is 85.2 Å². The molecule has 36 heavy (non-hydrogen) atoms. The van der Waals surface area contributed by atoms with Crippen molar-refractivity contribution < 1.29 is 14.0 Å². The molecule has 0 aliphatic carbocycles. The van der Waals surface area contributed by atoms with Crippen LogP contribution < -0.4 is 25.8 Å². The largest absolute Gasteiger partial charge is 0.399 e. The minimum Gasteiger partial charge on any atom is -0.399 e. The van der Waals surface area contributed by atoms with Gasteiger partial charge in [0.15, 0.2) is 0 Å². The van der Waals surface area contributed by atoms with Crippen LogP contribution in [0.3, 0.4) is 0 Å². The van der Waals surface area contributed by atoms with Gasteiger partial charge in [0.05, 0.1) is 5.69 Å². The van der Waals surface area contributed by atoms with Crippen LogP contribution in [0.1, 0.15) is 24.8 Å². The van der Waals surface area contributed by atoms with Gasteiger partial charge >= 0.3 is 6.03 Å². The smallest absolute Gasteiger partial charge is 0.328 e. The Balaban J connectivity index is 1.10. The maximum Gasteiger partial charge on any atom is 0.328 e. The van der Waals surface area contributed by atoms with Crippen LogP contribution in [0.5, 0.6) is 0 Å². The Hall–Kier alpha value is -3.33. The first-order valence-corrected chi connectivity index (χ1v) is 12.9. The molecule has 0 unspecified atom stereocenters. The molecule has 3 N–H and O–H groups in total. The maximum absolute atomic E-state index is 14.3. The minimum absolute atomic E-state index is 0.218. The van der Waals surface area contributed by atoms with Crippen molar-refractivity contribution in [2.45, 2.75) is 26.2 Å². The number of hydrogen-bond donors (Lipinski definition) is 2. The summed E-state index contributed by atoms with van der Waals surface area (Å²) in [4.78, 5) is 32.4. The number of amides is 3. The number of urea groups is 1. The molecule has 8 nitrogen and oxygen atoms in total. The maximum atomic E-state index is 14.3. The van der Waals surface area contributed by atoms with Crippen LogP contribution in [0.2, 0.25) is 0 Å². The number of nitrogen functional groups attached to an aromatic ring is 1. The van der Waals surface area contributed by atoms with Crippen molar-refractivity contribution in [2.24, 2.45) is 5.92 Å². The molecule has 3 amide bonds. The molecule has 0 bridgehead atoms. The summed E-state index contributed by atoms with van der Waals surface area (Å²) in [7, 11) is 0. The van der Waals surface area contributed by atoms with E-state index in [-0.39, 0.29) is 17.8 Å². The van der Waals surface area contributed by atoms with E-state index in [2.05, 4.69) is 32.1 Å². The lowest BCUT2D eigenvalue weighted by atomic mass is 9.95. The van der Waals surface area contributed by atoms with Crippen LogP contribution in [0, 0.1) is 18.7 Å². The lowest BCUT2D eigenvalue weighted by Gasteiger charge is -2.40. The quantitative estimate of drug-likeness (QED) is 0.621. The van der Waals surface area contributed by atoms with E-state index in [4.69, 9.17) is 5.73 Å². The van der Waals surface area contributed by atoms with Crippen LogP contribution in [-0.4, -0.2) is 69.2 Å². The third-order valence-electron chi connectivity index (χ3n) is 7.71. The number of halogens is 1. The van der Waals surface area contributed by atoms with Crippen molar-refractivity contribution >= 4 is 34.7 Å². The number of rotatable bonds is 5. The summed E-state index contributed by atoms with van der Waals surface area (Å²) in [6, 6.07) is 10.8. The highest BCUT2D eigenvalue weighted by atomic mass is 19.1. The van der Waals surface area contributed by atoms with E-state index in [1.165, 1.54) is 11.8 Å². The predicted octanol–water partition coefficient (Wildman–Crippen LogP) is 3.20. The highest BCUT2D eigenvalue weighted by Gasteiger charge is 2.27. The number of nitrogens with one attached hydrogen (secondary N) is 1. The van der Waals surface area contributed by atoms with Gasteiger partial charge < -0.3 is 15.5 Å². The van der Waals surface area contributed by atoms with Crippen LogP contribution in [0.15, 0.2) is 36.4 Å². The summed E-state index contributed by atoms with van der Waals surface area (Å²) in [6.07, 6.45) is 2.47. The van der Waals surface area contributed by atoms with Gasteiger partial charge in [0, 0.05) is 75.8 Å². The van der Waals surface area contributed by atoms with Crippen LogP contribution in [0.4, 0.5) is 31.9 Å². The number of anilines is 4. The van der Waals surface area contributed by atoms with Crippen LogP contribution >= 0.6 is 0 Å². The number of imide groups is 1. The molecule has 3 saturated heterocycles. The number of nitrogens with zero attached hydrogens (tertiary/aromatic N) is 4. The Morgan fingerprint density at radius 2 is 1.64 bits per heavy atom. The van der Waals surface area contributed by atoms with E-state index in [0.29, 0.717) is 30.3 Å². The van der Waals surface area contributed by atoms with Crippen molar-refractivity contribution in [3.63, 3.8) is 0 Å². The Bertz CT molecular complexity index is 1130. The van der Waals surface area contributed by atoms with Crippen molar-refractivity contribution in [1.82, 2.24) is 10.2 Å². The van der Waals surface area contributed by atoms with Gasteiger partial charge in [-0.3, -0.25) is 19.9 Å². The molecule has 0 radical (unpaired) electrons. The number of aryl methyl sites for hydroxylation is 1. The summed E-state index contributed by atoms with van der Waals surface area (Å²) < 4.78 is 14.3. The highest BCUT2D eigenvalue weighted by Crippen LogP contribution is 2.29. The molecule has 5 rings (SSSR count). The van der Waals surface area contributed by atoms with E-state index >= 15 is 0 Å². The van der Waals surface area contributed by atoms with E-state index in [0.717, 1.165) is 69.9 Å². The first-order valence-electron chi connectivity index (χ1n) is 12.9. The zero-order valence-electron chi connectivity index (χ0n) is 20.9. The van der Waals surface area contributed by atoms with Gasteiger partial charge in [-0.2, -0.15) is 0 Å². The SMILES string of the molecule is Cc1cc(N2CCN(CC3CCN(c4ccc(N)cc4F)CC3)CC2)ccc1N1CCC(=O)NC1=O. The fourth-order valence-electron chi connectivity index (χ4n) is 5.62. The number of carbonyl (C=O) groups excluding carboxylic acids is 2. The standard InChI is InChI=1S/C27H35FN6O2/c1-19-16-22(3-5-24(19)34-11-8-26(35)30-27(34)36)32-14-12-31(13-15-32)18-20-6-9-33(10-7-20)25-4-2-21(29)17-23(25)28/h2-5,16-17,20H,6-15,18,29H2,1H3,(H,30,35,36). The lowest BCUT2D eigenvalue weighted by molar-refractivity contribution is -0.120. The molecule has 3 aliphatic rings. The second-order valence-electron chi connectivity index (χ2n) is 10.2. The minimum atomic E-state index is -0.347. The number of nitrogens with two attached hydrogens (primary N) is 1. The van der Waals surface area contributed by atoms with E-state index in [1.54, 1.807) is 17.0 Å². The Kier molecular flexibility index (Phi) is 7.00. The molecule has 3 aliphatic heterocycles. The van der Waals surface area contributed by atoms with Gasteiger partial charge in [-0.15, -0.1) is 0 Å². The molecule has 3 heterocycles. The number of hydrogen-bond acceptors (Lipinski definition) is 6. The Morgan fingerprint density at radius 1 is 0.917 bits per heavy atom. The fraction of sp³-hybridized carbons (Fsp3) is 0.481. The van der Waals surface area contributed by atoms with Gasteiger partial charge in [0.1, 0.15) is 5.82 Å². The van der Waals surface area contributed by atoms with Crippen molar-refractivity contribution in [1.29, 1.82) is 0 Å². The number of piperidine rings is 1. The summed E-state index contributed by atoms with van der Waals surface area (Å²) in [6.45, 7) is 9.24. The third kappa shape index (κ3) is 5.26. The van der Waals surface area contributed by atoms with Crippen molar-refractivity contribution in [3.8, 4) is 0 Å². The first-order chi connectivity index (χ1) is 17.4. The van der Waals surface area contributed by atoms with Gasteiger partial charge in [0.2, 0.25) is 5.91 Å². The Morgan fingerprint density at radius 3 is 2.31 bits per heavy atom. The fourth-order valence-corrected chi connectivity index (χ4v) is 5.62. The van der Waals surface area contributed by atoms with E-state index in [9.17, 15) is 14.0 Å². The zero-order chi connectivity index (χ0) is 25.2. The van der Waals surface area contributed by atoms with Gasteiger partial charge in [0.25, 0.3) is 0 Å². The predicted molar refractivity (Wildman–Crippen MR) is 141 cm³/mol. The summed E-state index contributed by atoms with van der Waals surface area (Å²) in [5, 5.41) is 2.39. The second kappa shape index (κ2) is 10.3. The molecule has 9 heteroatoms. The zero-order valence-corrected chi connectivity index (χ0v) is 20.9. The molecule has 0 spiro atoms. The summed E-state index contributed by atoms with van der Waals surface area (Å²) in [5.41, 5.74) is 9.87. The number of carbonyl (C=O) groups is 2. The molecule has 0 atom stereocenters. The Labute approximate surface area is 211 Å². The molecular formula is C27H35FN6O2. The van der Waals surface area contributed by atoms with E-state index < -0.39 is 0 Å². The average Bonchev–Trinajstić information content (AvgIpc) is 2.86. The normalized spacial score (nSPS) is 20.1. The molecule has 192 valence electrons. The molecule has 2 aromatic rings. The molecule has 0 aromatic heterocycles. The van der Waals surface area contributed by atoms with Crippen molar-refractivity contribution in [3.05, 3.63) is 47.8 Å². The molecule has 2 aromatic carbocycles. The molecule has 3 fully saturated rings. The third-order valence-corrected chi connectivity index (χ3v) is 7.71. The second-order valence-corrected chi connectivity index (χ2v) is 10.2. The van der Waals surface area contributed by atoms with Gasteiger partial charge in [-0.1, -0.05) is 0 Å². The molecular weight excluding hydrogens is 459 g/mol. The lowest BCUT2D eigenvalue weighted by Crippen LogP contribution is -2.50. The van der Waals surface area contributed by atoms with Gasteiger partial charge in [-0.25, -0.2) is 9.18 Å². The number of benzene rings is 2. The number of piperazine rings is 1. The van der Waals surface area contributed by atoms with Crippen LogP contribution in [0.25, 0.3) is 0 Å². The van der Waals surface area contributed by atoms with Crippen LogP contribution in [-0.2, 0) is 4.79 Å². The highest BCUT2D eigenvalue weighted by molar-refractivity contribution is 6.06. The molecule has 0 saturated carbocycles.